The van der Waals surface area contributed by atoms with Gasteiger partial charge in [0.15, 0.2) is 0 Å². The molecule has 0 aromatic heterocycles. The molecule has 0 atom stereocenters. The molecule has 0 rings (SSSR count). The normalized spacial score (nSPS) is 11.9. The van der Waals surface area contributed by atoms with Crippen LogP contribution in [0.2, 0.25) is 0 Å². The minimum absolute atomic E-state index is 0.0164. The number of ether oxygens (including phenoxy) is 1. The number of nitrogens with zero attached hydrogens (tertiary/aromatic N) is 1. The van der Waals surface area contributed by atoms with E-state index in [4.69, 9.17) is 4.74 Å². The van der Waals surface area contributed by atoms with Crippen LogP contribution in [0.25, 0.3) is 0 Å². The zero-order chi connectivity index (χ0) is 13.3. The lowest BCUT2D eigenvalue weighted by atomic mass is 9.93. The molecule has 0 aliphatic carbocycles. The SMILES string of the molecule is COCCNC(=O)CNCC(C)(C)CN(C)C. The fourth-order valence-electron chi connectivity index (χ4n) is 1.78. The molecule has 0 heterocycles. The lowest BCUT2D eigenvalue weighted by Crippen LogP contribution is -2.42. The van der Waals surface area contributed by atoms with E-state index >= 15 is 0 Å². The Bertz CT molecular complexity index is 218. The molecule has 0 aliphatic rings. The molecule has 0 saturated carbocycles. The predicted octanol–water partition coefficient (Wildman–Crippen LogP) is -0.0736. The summed E-state index contributed by atoms with van der Waals surface area (Å²) in [6.07, 6.45) is 0. The molecule has 0 aromatic carbocycles. The molecular weight excluding hydrogens is 218 g/mol. The maximum absolute atomic E-state index is 11.4. The van der Waals surface area contributed by atoms with Gasteiger partial charge in [-0.15, -0.1) is 0 Å². The zero-order valence-corrected chi connectivity index (χ0v) is 11.8. The van der Waals surface area contributed by atoms with Gasteiger partial charge in [0, 0.05) is 26.7 Å². The van der Waals surface area contributed by atoms with Crippen molar-refractivity contribution < 1.29 is 9.53 Å². The van der Waals surface area contributed by atoms with Gasteiger partial charge in [0.1, 0.15) is 0 Å². The third kappa shape index (κ3) is 10.2. The summed E-state index contributed by atoms with van der Waals surface area (Å²) < 4.78 is 4.85. The summed E-state index contributed by atoms with van der Waals surface area (Å²) in [5.41, 5.74) is 0.163. The topological polar surface area (TPSA) is 53.6 Å². The number of carbonyl (C=O) groups is 1. The van der Waals surface area contributed by atoms with Gasteiger partial charge < -0.3 is 20.3 Å². The van der Waals surface area contributed by atoms with Gasteiger partial charge in [0.2, 0.25) is 5.91 Å². The number of amides is 1. The van der Waals surface area contributed by atoms with Gasteiger partial charge >= 0.3 is 0 Å². The van der Waals surface area contributed by atoms with E-state index in [1.165, 1.54) is 0 Å². The highest BCUT2D eigenvalue weighted by atomic mass is 16.5. The number of methoxy groups -OCH3 is 1. The van der Waals surface area contributed by atoms with Crippen LogP contribution in [0.15, 0.2) is 0 Å². The van der Waals surface area contributed by atoms with E-state index in [0.717, 1.165) is 13.1 Å². The van der Waals surface area contributed by atoms with E-state index in [1.807, 2.05) is 0 Å². The smallest absolute Gasteiger partial charge is 0.234 e. The fraction of sp³-hybridized carbons (Fsp3) is 0.917. The number of hydrogen-bond donors (Lipinski definition) is 2. The van der Waals surface area contributed by atoms with Gasteiger partial charge in [-0.2, -0.15) is 0 Å². The van der Waals surface area contributed by atoms with Crippen molar-refractivity contribution in [2.24, 2.45) is 5.41 Å². The Balaban J connectivity index is 3.64. The molecule has 0 unspecified atom stereocenters. The highest BCUT2D eigenvalue weighted by Gasteiger charge is 2.18. The summed E-state index contributed by atoms with van der Waals surface area (Å²) in [5, 5.41) is 5.95. The first kappa shape index (κ1) is 16.4. The van der Waals surface area contributed by atoms with Crippen molar-refractivity contribution in [2.75, 3.05) is 54.0 Å². The molecule has 0 aromatic rings. The summed E-state index contributed by atoms with van der Waals surface area (Å²) in [5.74, 6) is 0.0164. The molecule has 0 bridgehead atoms. The molecule has 2 N–H and O–H groups in total. The standard InChI is InChI=1S/C12H27N3O2/c1-12(2,10-15(3)4)9-13-8-11(16)14-6-7-17-5/h13H,6-10H2,1-5H3,(H,14,16). The average Bonchev–Trinajstić information content (AvgIpc) is 2.15. The highest BCUT2D eigenvalue weighted by molar-refractivity contribution is 5.77. The molecule has 0 saturated heterocycles. The van der Waals surface area contributed by atoms with Crippen molar-refractivity contribution >= 4 is 5.91 Å². The van der Waals surface area contributed by atoms with Crippen LogP contribution in [0.3, 0.4) is 0 Å². The predicted molar refractivity (Wildman–Crippen MR) is 70.1 cm³/mol. The largest absolute Gasteiger partial charge is 0.383 e. The second-order valence-electron chi connectivity index (χ2n) is 5.35. The van der Waals surface area contributed by atoms with Crippen LogP contribution in [-0.2, 0) is 9.53 Å². The van der Waals surface area contributed by atoms with Crippen LogP contribution >= 0.6 is 0 Å². The summed E-state index contributed by atoms with van der Waals surface area (Å²) in [7, 11) is 5.73. The maximum atomic E-state index is 11.4. The first-order valence-electron chi connectivity index (χ1n) is 5.98. The second kappa shape index (κ2) is 8.44. The molecule has 0 aliphatic heterocycles. The minimum Gasteiger partial charge on any atom is -0.383 e. The van der Waals surface area contributed by atoms with Crippen molar-refractivity contribution in [3.05, 3.63) is 0 Å². The highest BCUT2D eigenvalue weighted by Crippen LogP contribution is 2.13. The van der Waals surface area contributed by atoms with Crippen LogP contribution in [0.1, 0.15) is 13.8 Å². The molecule has 102 valence electrons. The van der Waals surface area contributed by atoms with E-state index in [2.05, 4.69) is 43.5 Å². The molecule has 0 spiro atoms. The monoisotopic (exact) mass is 245 g/mol. The van der Waals surface area contributed by atoms with Gasteiger partial charge in [-0.25, -0.2) is 0 Å². The Morgan fingerprint density at radius 3 is 2.53 bits per heavy atom. The Morgan fingerprint density at radius 1 is 1.35 bits per heavy atom. The van der Waals surface area contributed by atoms with Gasteiger partial charge in [0.05, 0.1) is 13.2 Å². The first-order chi connectivity index (χ1) is 7.87. The molecule has 1 amide bonds. The lowest BCUT2D eigenvalue weighted by Gasteiger charge is -2.28. The Labute approximate surface area is 105 Å². The van der Waals surface area contributed by atoms with Crippen molar-refractivity contribution in [3.8, 4) is 0 Å². The van der Waals surface area contributed by atoms with Crippen LogP contribution in [0.5, 0.6) is 0 Å². The molecule has 5 heteroatoms. The summed E-state index contributed by atoms with van der Waals surface area (Å²) in [6, 6.07) is 0. The van der Waals surface area contributed by atoms with Gasteiger partial charge in [-0.05, 0) is 19.5 Å². The van der Waals surface area contributed by atoms with Gasteiger partial charge in [-0.3, -0.25) is 4.79 Å². The van der Waals surface area contributed by atoms with Crippen LogP contribution in [0.4, 0.5) is 0 Å². The maximum Gasteiger partial charge on any atom is 0.234 e. The molecule has 0 fully saturated rings. The Kier molecular flexibility index (Phi) is 8.12. The summed E-state index contributed by atoms with van der Waals surface area (Å²) in [6.45, 7) is 7.66. The lowest BCUT2D eigenvalue weighted by molar-refractivity contribution is -0.120. The van der Waals surface area contributed by atoms with Crippen LogP contribution in [0, 0.1) is 5.41 Å². The van der Waals surface area contributed by atoms with Crippen molar-refractivity contribution in [2.45, 2.75) is 13.8 Å². The van der Waals surface area contributed by atoms with Gasteiger partial charge in [0.25, 0.3) is 0 Å². The van der Waals surface area contributed by atoms with Crippen molar-refractivity contribution in [1.82, 2.24) is 15.5 Å². The molecular formula is C12H27N3O2. The average molecular weight is 245 g/mol. The van der Waals surface area contributed by atoms with E-state index in [9.17, 15) is 4.79 Å². The molecule has 17 heavy (non-hydrogen) atoms. The number of rotatable bonds is 9. The Hall–Kier alpha value is -0.650. The molecule has 0 radical (unpaired) electrons. The number of nitrogens with one attached hydrogen (secondary N) is 2. The minimum atomic E-state index is 0.0164. The molecule has 5 nitrogen and oxygen atoms in total. The summed E-state index contributed by atoms with van der Waals surface area (Å²) in [4.78, 5) is 13.5. The van der Waals surface area contributed by atoms with Crippen molar-refractivity contribution in [1.29, 1.82) is 0 Å². The third-order valence-corrected chi connectivity index (χ3v) is 2.26. The first-order valence-corrected chi connectivity index (χ1v) is 5.98. The van der Waals surface area contributed by atoms with Crippen molar-refractivity contribution in [3.63, 3.8) is 0 Å². The summed E-state index contributed by atoms with van der Waals surface area (Å²) >= 11 is 0. The zero-order valence-electron chi connectivity index (χ0n) is 11.8. The quantitative estimate of drug-likeness (QED) is 0.558. The fourth-order valence-corrected chi connectivity index (χ4v) is 1.78. The van der Waals surface area contributed by atoms with E-state index in [0.29, 0.717) is 19.7 Å². The Morgan fingerprint density at radius 2 is 2.00 bits per heavy atom. The van der Waals surface area contributed by atoms with Gasteiger partial charge in [-0.1, -0.05) is 13.8 Å². The van der Waals surface area contributed by atoms with Crippen LogP contribution < -0.4 is 10.6 Å². The van der Waals surface area contributed by atoms with E-state index < -0.39 is 0 Å². The second-order valence-corrected chi connectivity index (χ2v) is 5.35. The number of hydrogen-bond acceptors (Lipinski definition) is 4. The third-order valence-electron chi connectivity index (χ3n) is 2.26. The number of carbonyl (C=O) groups excluding carboxylic acids is 1. The van der Waals surface area contributed by atoms with E-state index in [-0.39, 0.29) is 11.3 Å². The van der Waals surface area contributed by atoms with Crippen LogP contribution in [-0.4, -0.2) is 64.8 Å². The van der Waals surface area contributed by atoms with E-state index in [1.54, 1.807) is 7.11 Å².